The van der Waals surface area contributed by atoms with E-state index in [0.717, 1.165) is 25.7 Å². The first-order valence-corrected chi connectivity index (χ1v) is 8.31. The van der Waals surface area contributed by atoms with Crippen LogP contribution < -0.4 is 10.5 Å². The van der Waals surface area contributed by atoms with Crippen LogP contribution in [0.25, 0.3) is 0 Å². The number of rotatable bonds is 5. The van der Waals surface area contributed by atoms with E-state index in [2.05, 4.69) is 4.72 Å². The summed E-state index contributed by atoms with van der Waals surface area (Å²) >= 11 is 0. The maximum Gasteiger partial charge on any atom is 0.246 e. The molecule has 1 atom stereocenters. The predicted molar refractivity (Wildman–Crippen MR) is 71.4 cm³/mol. The standard InChI is InChI=1S/C13H16F4N2O2S/c14-8-5-9(15)12(17)13(11(8)16)22(20,21)19-10(6-18)7-3-1-2-4-7/h5,7,10,19H,1-4,6,18H2. The van der Waals surface area contributed by atoms with Crippen LogP contribution in [0.3, 0.4) is 0 Å². The van der Waals surface area contributed by atoms with Crippen LogP contribution in [0.1, 0.15) is 25.7 Å². The van der Waals surface area contributed by atoms with Gasteiger partial charge < -0.3 is 5.73 Å². The fourth-order valence-electron chi connectivity index (χ4n) is 2.74. The highest BCUT2D eigenvalue weighted by atomic mass is 32.2. The Labute approximate surface area is 125 Å². The minimum Gasteiger partial charge on any atom is -0.329 e. The summed E-state index contributed by atoms with van der Waals surface area (Å²) in [4.78, 5) is -1.65. The molecule has 0 bridgehead atoms. The van der Waals surface area contributed by atoms with E-state index in [1.807, 2.05) is 0 Å². The molecule has 9 heteroatoms. The predicted octanol–water partition coefficient (Wildman–Crippen LogP) is 2.04. The summed E-state index contributed by atoms with van der Waals surface area (Å²) in [6.45, 7) is -0.0784. The van der Waals surface area contributed by atoms with Gasteiger partial charge >= 0.3 is 0 Å². The number of sulfonamides is 1. The van der Waals surface area contributed by atoms with E-state index in [4.69, 9.17) is 5.73 Å². The van der Waals surface area contributed by atoms with Crippen molar-refractivity contribution in [3.05, 3.63) is 29.3 Å². The summed E-state index contributed by atoms with van der Waals surface area (Å²) in [7, 11) is -4.78. The molecular formula is C13H16F4N2O2S. The van der Waals surface area contributed by atoms with Gasteiger partial charge in [-0.25, -0.2) is 30.7 Å². The van der Waals surface area contributed by atoms with Crippen molar-refractivity contribution in [2.45, 2.75) is 36.6 Å². The molecule has 0 amide bonds. The summed E-state index contributed by atoms with van der Waals surface area (Å²) < 4.78 is 79.9. The molecule has 0 radical (unpaired) electrons. The first kappa shape index (κ1) is 17.2. The Balaban J connectivity index is 2.38. The molecule has 0 aromatic heterocycles. The van der Waals surface area contributed by atoms with Crippen molar-refractivity contribution in [1.82, 2.24) is 4.72 Å². The van der Waals surface area contributed by atoms with Gasteiger partial charge in [-0.3, -0.25) is 0 Å². The highest BCUT2D eigenvalue weighted by molar-refractivity contribution is 7.89. The number of halogens is 4. The summed E-state index contributed by atoms with van der Waals surface area (Å²) in [5.41, 5.74) is 5.51. The van der Waals surface area contributed by atoms with Crippen molar-refractivity contribution in [3.8, 4) is 0 Å². The van der Waals surface area contributed by atoms with Crippen molar-refractivity contribution in [3.63, 3.8) is 0 Å². The molecule has 1 unspecified atom stereocenters. The highest BCUT2D eigenvalue weighted by Crippen LogP contribution is 2.29. The fourth-order valence-corrected chi connectivity index (χ4v) is 4.21. The van der Waals surface area contributed by atoms with Crippen molar-refractivity contribution >= 4 is 10.0 Å². The molecule has 0 aliphatic heterocycles. The van der Waals surface area contributed by atoms with Crippen molar-refractivity contribution < 1.29 is 26.0 Å². The lowest BCUT2D eigenvalue weighted by Gasteiger charge is -2.23. The van der Waals surface area contributed by atoms with Gasteiger partial charge in [-0.05, 0) is 18.8 Å². The second-order valence-electron chi connectivity index (χ2n) is 5.31. The number of hydrogen-bond acceptors (Lipinski definition) is 3. The van der Waals surface area contributed by atoms with Crippen molar-refractivity contribution in [2.24, 2.45) is 11.7 Å². The summed E-state index contributed by atoms with van der Waals surface area (Å²) in [5, 5.41) is 0. The molecule has 1 saturated carbocycles. The van der Waals surface area contributed by atoms with Gasteiger partial charge in [0.2, 0.25) is 10.0 Å². The van der Waals surface area contributed by atoms with E-state index in [-0.39, 0.29) is 18.5 Å². The molecule has 22 heavy (non-hydrogen) atoms. The van der Waals surface area contributed by atoms with Gasteiger partial charge in [0, 0.05) is 18.7 Å². The van der Waals surface area contributed by atoms with Crippen LogP contribution in [-0.4, -0.2) is 21.0 Å². The van der Waals surface area contributed by atoms with Gasteiger partial charge in [-0.15, -0.1) is 0 Å². The topological polar surface area (TPSA) is 72.2 Å². The van der Waals surface area contributed by atoms with Gasteiger partial charge in [-0.1, -0.05) is 12.8 Å². The molecule has 0 heterocycles. The van der Waals surface area contributed by atoms with Gasteiger partial charge in [-0.2, -0.15) is 0 Å². The number of benzene rings is 1. The monoisotopic (exact) mass is 340 g/mol. The Morgan fingerprint density at radius 3 is 2.09 bits per heavy atom. The van der Waals surface area contributed by atoms with E-state index in [1.165, 1.54) is 0 Å². The Kier molecular flexibility index (Phi) is 5.08. The van der Waals surface area contributed by atoms with E-state index in [1.54, 1.807) is 0 Å². The van der Waals surface area contributed by atoms with Crippen LogP contribution in [0.2, 0.25) is 0 Å². The highest BCUT2D eigenvalue weighted by Gasteiger charge is 2.34. The van der Waals surface area contributed by atoms with Crippen LogP contribution in [0.5, 0.6) is 0 Å². The lowest BCUT2D eigenvalue weighted by Crippen LogP contribution is -2.45. The van der Waals surface area contributed by atoms with Crippen LogP contribution in [0.4, 0.5) is 17.6 Å². The second-order valence-corrected chi connectivity index (χ2v) is 6.96. The van der Waals surface area contributed by atoms with Crippen LogP contribution in [0.15, 0.2) is 11.0 Å². The normalized spacial score (nSPS) is 17.9. The maximum absolute atomic E-state index is 13.6. The fraction of sp³-hybridized carbons (Fsp3) is 0.538. The van der Waals surface area contributed by atoms with Gasteiger partial charge in [0.15, 0.2) is 28.2 Å². The molecule has 3 N–H and O–H groups in total. The number of nitrogens with one attached hydrogen (secondary N) is 1. The molecule has 1 aromatic rings. The molecule has 1 aliphatic rings. The number of nitrogens with two attached hydrogens (primary N) is 1. The van der Waals surface area contributed by atoms with E-state index < -0.39 is 44.2 Å². The zero-order chi connectivity index (χ0) is 16.5. The molecule has 124 valence electrons. The molecule has 0 spiro atoms. The smallest absolute Gasteiger partial charge is 0.246 e. The summed E-state index contributed by atoms with van der Waals surface area (Å²) in [6, 6.07) is -0.779. The average molecular weight is 340 g/mol. The molecule has 2 rings (SSSR count). The van der Waals surface area contributed by atoms with E-state index >= 15 is 0 Å². The van der Waals surface area contributed by atoms with Gasteiger partial charge in [0.05, 0.1) is 0 Å². The third-order valence-corrected chi connectivity index (χ3v) is 5.38. The lowest BCUT2D eigenvalue weighted by molar-refractivity contribution is 0.394. The molecule has 1 aromatic carbocycles. The number of hydrogen-bond donors (Lipinski definition) is 2. The Bertz CT molecular complexity index is 634. The van der Waals surface area contributed by atoms with Crippen molar-refractivity contribution in [2.75, 3.05) is 6.54 Å². The van der Waals surface area contributed by atoms with E-state index in [9.17, 15) is 26.0 Å². The third kappa shape index (κ3) is 3.26. The lowest BCUT2D eigenvalue weighted by atomic mass is 9.99. The Morgan fingerprint density at radius 2 is 1.64 bits per heavy atom. The SMILES string of the molecule is NCC(NS(=O)(=O)c1c(F)c(F)cc(F)c1F)C1CCCC1. The minimum atomic E-state index is -4.78. The van der Waals surface area contributed by atoms with Crippen LogP contribution in [0, 0.1) is 29.2 Å². The molecule has 0 saturated heterocycles. The molecule has 1 fully saturated rings. The zero-order valence-electron chi connectivity index (χ0n) is 11.6. The quantitative estimate of drug-likeness (QED) is 0.636. The van der Waals surface area contributed by atoms with Crippen LogP contribution in [-0.2, 0) is 10.0 Å². The Hall–Kier alpha value is -1.19. The summed E-state index contributed by atoms with van der Waals surface area (Å²) in [6.07, 6.45) is 3.26. The zero-order valence-corrected chi connectivity index (χ0v) is 12.4. The maximum atomic E-state index is 13.6. The molecule has 4 nitrogen and oxygen atoms in total. The first-order chi connectivity index (χ1) is 10.3. The summed E-state index contributed by atoms with van der Waals surface area (Å²) in [5.74, 6) is -7.51. The second kappa shape index (κ2) is 6.51. The molecule has 1 aliphatic carbocycles. The first-order valence-electron chi connectivity index (χ1n) is 6.83. The average Bonchev–Trinajstić information content (AvgIpc) is 2.96. The minimum absolute atomic E-state index is 0.0406. The molecular weight excluding hydrogens is 324 g/mol. The third-order valence-electron chi connectivity index (χ3n) is 3.87. The van der Waals surface area contributed by atoms with E-state index in [0.29, 0.717) is 0 Å². The Morgan fingerprint density at radius 1 is 1.14 bits per heavy atom. The largest absolute Gasteiger partial charge is 0.329 e. The van der Waals surface area contributed by atoms with Crippen LogP contribution >= 0.6 is 0 Å². The van der Waals surface area contributed by atoms with Gasteiger partial charge in [0.25, 0.3) is 0 Å². The van der Waals surface area contributed by atoms with Crippen molar-refractivity contribution in [1.29, 1.82) is 0 Å². The van der Waals surface area contributed by atoms with Gasteiger partial charge in [0.1, 0.15) is 0 Å².